The van der Waals surface area contributed by atoms with Gasteiger partial charge >= 0.3 is 0 Å². The molecule has 2 heterocycles. The molecule has 0 unspecified atom stereocenters. The van der Waals surface area contributed by atoms with Gasteiger partial charge in [0.15, 0.2) is 5.76 Å². The number of hydrogen-bond acceptors (Lipinski definition) is 5. The molecular weight excluding hydrogens is 344 g/mol. The van der Waals surface area contributed by atoms with Crippen molar-refractivity contribution >= 4 is 23.3 Å². The number of ether oxygens (including phenoxy) is 1. The fourth-order valence-electron chi connectivity index (χ4n) is 1.98. The first-order valence-corrected chi connectivity index (χ1v) is 7.72. The highest BCUT2D eigenvalue weighted by Crippen LogP contribution is 2.13. The van der Waals surface area contributed by atoms with Crippen LogP contribution in [0, 0.1) is 0 Å². The minimum Gasteiger partial charge on any atom is -0.482 e. The summed E-state index contributed by atoms with van der Waals surface area (Å²) in [5.41, 5.74) is 0.396. The van der Waals surface area contributed by atoms with Gasteiger partial charge in [0, 0.05) is 17.3 Å². The predicted octanol–water partition coefficient (Wildman–Crippen LogP) is 3.52. The van der Waals surface area contributed by atoms with Gasteiger partial charge in [-0.1, -0.05) is 29.8 Å². The first kappa shape index (κ1) is 16.7. The standard InChI is InChI=1S/C18H13ClN2O4/c19-13-6-4-12(5-7-13)10-24-16-11-25-15(9-14(16)22)18(23)21-17-3-1-2-8-20-17/h1-9,11H,10H2,(H,20,21,23). The van der Waals surface area contributed by atoms with Crippen LogP contribution < -0.4 is 15.5 Å². The number of rotatable bonds is 5. The summed E-state index contributed by atoms with van der Waals surface area (Å²) in [7, 11) is 0. The molecule has 0 fully saturated rings. The lowest BCUT2D eigenvalue weighted by molar-refractivity contribution is 0.0993. The Balaban J connectivity index is 1.67. The maximum atomic E-state index is 12.1. The van der Waals surface area contributed by atoms with Crippen molar-refractivity contribution in [3.05, 3.63) is 87.6 Å². The average Bonchev–Trinajstić information content (AvgIpc) is 2.63. The Bertz CT molecular complexity index is 924. The SMILES string of the molecule is O=C(Nc1ccccn1)c1cc(=O)c(OCc2ccc(Cl)cc2)co1. The van der Waals surface area contributed by atoms with Gasteiger partial charge in [0.2, 0.25) is 11.2 Å². The van der Waals surface area contributed by atoms with E-state index in [-0.39, 0.29) is 18.1 Å². The summed E-state index contributed by atoms with van der Waals surface area (Å²) in [5.74, 6) is -0.322. The van der Waals surface area contributed by atoms with E-state index in [1.807, 2.05) is 0 Å². The molecule has 7 heteroatoms. The summed E-state index contributed by atoms with van der Waals surface area (Å²) in [6.07, 6.45) is 2.66. The molecule has 0 bridgehead atoms. The van der Waals surface area contributed by atoms with Crippen LogP contribution in [0.3, 0.4) is 0 Å². The molecule has 126 valence electrons. The molecule has 1 N–H and O–H groups in total. The van der Waals surface area contributed by atoms with E-state index in [2.05, 4.69) is 10.3 Å². The van der Waals surface area contributed by atoms with Crippen LogP contribution in [0.5, 0.6) is 5.75 Å². The van der Waals surface area contributed by atoms with Crippen LogP contribution in [-0.2, 0) is 6.61 Å². The molecule has 0 aliphatic carbocycles. The molecule has 1 amide bonds. The summed E-state index contributed by atoms with van der Waals surface area (Å²) < 4.78 is 10.6. The predicted molar refractivity (Wildman–Crippen MR) is 93.0 cm³/mol. The summed E-state index contributed by atoms with van der Waals surface area (Å²) in [5, 5.41) is 3.15. The lowest BCUT2D eigenvalue weighted by atomic mass is 10.2. The Kier molecular flexibility index (Phi) is 5.11. The molecule has 0 aliphatic heterocycles. The summed E-state index contributed by atoms with van der Waals surface area (Å²) >= 11 is 5.81. The highest BCUT2D eigenvalue weighted by Gasteiger charge is 2.13. The molecular formula is C18H13ClN2O4. The van der Waals surface area contributed by atoms with E-state index in [9.17, 15) is 9.59 Å². The zero-order chi connectivity index (χ0) is 17.6. The molecule has 0 saturated carbocycles. The van der Waals surface area contributed by atoms with Crippen LogP contribution in [-0.4, -0.2) is 10.9 Å². The number of halogens is 1. The van der Waals surface area contributed by atoms with Gasteiger partial charge in [-0.05, 0) is 29.8 Å². The number of carbonyl (C=O) groups is 1. The molecule has 1 aromatic carbocycles. The van der Waals surface area contributed by atoms with Crippen molar-refractivity contribution in [1.29, 1.82) is 0 Å². The van der Waals surface area contributed by atoms with Crippen molar-refractivity contribution in [2.45, 2.75) is 6.61 Å². The Hall–Kier alpha value is -3.12. The van der Waals surface area contributed by atoms with Crippen LogP contribution in [0.25, 0.3) is 0 Å². The minimum absolute atomic E-state index is 0.0179. The third kappa shape index (κ3) is 4.45. The second-order valence-electron chi connectivity index (χ2n) is 5.06. The third-order valence-corrected chi connectivity index (χ3v) is 3.49. The third-order valence-electron chi connectivity index (χ3n) is 3.24. The fraction of sp³-hybridized carbons (Fsp3) is 0.0556. The fourth-order valence-corrected chi connectivity index (χ4v) is 2.11. The van der Waals surface area contributed by atoms with Gasteiger partial charge < -0.3 is 14.5 Å². The van der Waals surface area contributed by atoms with Gasteiger partial charge in [0.05, 0.1) is 0 Å². The number of benzene rings is 1. The van der Waals surface area contributed by atoms with E-state index in [0.717, 1.165) is 17.9 Å². The lowest BCUT2D eigenvalue weighted by Crippen LogP contribution is -2.16. The van der Waals surface area contributed by atoms with Crippen LogP contribution in [0.15, 0.2) is 70.2 Å². The van der Waals surface area contributed by atoms with Gasteiger partial charge in [-0.2, -0.15) is 0 Å². The Morgan fingerprint density at radius 2 is 2.00 bits per heavy atom. The van der Waals surface area contributed by atoms with Crippen LogP contribution in [0.1, 0.15) is 16.1 Å². The summed E-state index contributed by atoms with van der Waals surface area (Å²) in [6.45, 7) is 0.182. The van der Waals surface area contributed by atoms with Gasteiger partial charge in [-0.25, -0.2) is 4.98 Å². The van der Waals surface area contributed by atoms with Crippen molar-refractivity contribution in [3.63, 3.8) is 0 Å². The molecule has 3 rings (SSSR count). The number of pyridine rings is 1. The minimum atomic E-state index is -0.569. The van der Waals surface area contributed by atoms with E-state index in [1.54, 1.807) is 48.7 Å². The van der Waals surface area contributed by atoms with Crippen LogP contribution in [0.2, 0.25) is 5.02 Å². The Morgan fingerprint density at radius 3 is 2.68 bits per heavy atom. The van der Waals surface area contributed by atoms with Crippen molar-refractivity contribution in [1.82, 2.24) is 4.98 Å². The van der Waals surface area contributed by atoms with E-state index in [4.69, 9.17) is 20.8 Å². The molecule has 3 aromatic rings. The maximum Gasteiger partial charge on any atom is 0.292 e. The van der Waals surface area contributed by atoms with Crippen molar-refractivity contribution in [2.75, 3.05) is 5.32 Å². The second kappa shape index (κ2) is 7.63. The molecule has 0 saturated heterocycles. The Morgan fingerprint density at radius 1 is 1.20 bits per heavy atom. The molecule has 0 radical (unpaired) electrons. The number of aromatic nitrogens is 1. The Labute approximate surface area is 148 Å². The average molecular weight is 357 g/mol. The van der Waals surface area contributed by atoms with Gasteiger partial charge in [0.1, 0.15) is 18.7 Å². The zero-order valence-corrected chi connectivity index (χ0v) is 13.7. The smallest absolute Gasteiger partial charge is 0.292 e. The topological polar surface area (TPSA) is 81.4 Å². The van der Waals surface area contributed by atoms with Gasteiger partial charge in [-0.3, -0.25) is 9.59 Å². The van der Waals surface area contributed by atoms with Crippen molar-refractivity contribution in [3.8, 4) is 5.75 Å². The van der Waals surface area contributed by atoms with Gasteiger partial charge in [0.25, 0.3) is 5.91 Å². The largest absolute Gasteiger partial charge is 0.482 e. The number of nitrogens with one attached hydrogen (secondary N) is 1. The van der Waals surface area contributed by atoms with E-state index in [0.29, 0.717) is 10.8 Å². The monoisotopic (exact) mass is 356 g/mol. The highest BCUT2D eigenvalue weighted by molar-refractivity contribution is 6.30. The molecule has 0 aliphatic rings. The van der Waals surface area contributed by atoms with E-state index >= 15 is 0 Å². The molecule has 0 spiro atoms. The van der Waals surface area contributed by atoms with Crippen LogP contribution >= 0.6 is 11.6 Å². The normalized spacial score (nSPS) is 10.3. The molecule has 25 heavy (non-hydrogen) atoms. The van der Waals surface area contributed by atoms with Crippen LogP contribution in [0.4, 0.5) is 5.82 Å². The summed E-state index contributed by atoms with van der Waals surface area (Å²) in [6, 6.07) is 13.2. The molecule has 2 aromatic heterocycles. The van der Waals surface area contributed by atoms with Crippen molar-refractivity contribution < 1.29 is 13.9 Å². The lowest BCUT2D eigenvalue weighted by Gasteiger charge is -2.06. The quantitative estimate of drug-likeness (QED) is 0.756. The number of nitrogens with zero attached hydrogens (tertiary/aromatic N) is 1. The number of hydrogen-bond donors (Lipinski definition) is 1. The molecule has 6 nitrogen and oxygen atoms in total. The van der Waals surface area contributed by atoms with E-state index in [1.165, 1.54) is 0 Å². The molecule has 0 atom stereocenters. The summed E-state index contributed by atoms with van der Waals surface area (Å²) in [4.78, 5) is 28.1. The zero-order valence-electron chi connectivity index (χ0n) is 12.9. The van der Waals surface area contributed by atoms with Crippen molar-refractivity contribution in [2.24, 2.45) is 0 Å². The number of carbonyl (C=O) groups excluding carboxylic acids is 1. The number of anilines is 1. The van der Waals surface area contributed by atoms with Gasteiger partial charge in [-0.15, -0.1) is 0 Å². The highest BCUT2D eigenvalue weighted by atomic mass is 35.5. The number of amides is 1. The first-order valence-electron chi connectivity index (χ1n) is 7.34. The second-order valence-corrected chi connectivity index (χ2v) is 5.49. The maximum absolute atomic E-state index is 12.1. The van der Waals surface area contributed by atoms with E-state index < -0.39 is 11.3 Å². The first-order chi connectivity index (χ1) is 12.1.